The molecule has 0 N–H and O–H groups in total. The van der Waals surface area contributed by atoms with E-state index >= 15 is 0 Å². The van der Waals surface area contributed by atoms with Crippen molar-refractivity contribution >= 4 is 16.7 Å². The van der Waals surface area contributed by atoms with E-state index in [4.69, 9.17) is 4.99 Å². The van der Waals surface area contributed by atoms with Gasteiger partial charge in [0, 0.05) is 14.1 Å². The summed E-state index contributed by atoms with van der Waals surface area (Å²) >= 11 is 0. The highest BCUT2D eigenvalue weighted by atomic mass is 15.2. The number of nitrogens with zero attached hydrogens (tertiary/aromatic N) is 3. The number of hydrogen-bond acceptors (Lipinski definition) is 1. The Bertz CT molecular complexity index is 792. The lowest BCUT2D eigenvalue weighted by Gasteiger charge is -1.96. The van der Waals surface area contributed by atoms with Crippen LogP contribution < -0.4 is 5.62 Å². The van der Waals surface area contributed by atoms with Crippen LogP contribution in [0.4, 0.5) is 5.69 Å². The van der Waals surface area contributed by atoms with Gasteiger partial charge in [-0.2, -0.15) is 0 Å². The summed E-state index contributed by atoms with van der Waals surface area (Å²) in [5.74, 6) is 0. The molecule has 0 spiro atoms. The number of hydrogen-bond donors (Lipinski definition) is 0. The molecule has 3 rings (SSSR count). The quantitative estimate of drug-likeness (QED) is 0.634. The molecule has 3 aromatic rings. The lowest BCUT2D eigenvalue weighted by atomic mass is 10.2. The zero-order valence-corrected chi connectivity index (χ0v) is 11.5. The molecule has 0 aliphatic carbocycles. The normalized spacial score (nSPS) is 12.3. The van der Waals surface area contributed by atoms with Crippen molar-refractivity contribution in [1.82, 2.24) is 9.13 Å². The molecule has 2 aromatic carbocycles. The molecule has 0 amide bonds. The summed E-state index contributed by atoms with van der Waals surface area (Å²) < 4.78 is 4.26. The molecule has 0 aliphatic heterocycles. The van der Waals surface area contributed by atoms with E-state index in [2.05, 4.69) is 48.4 Å². The highest BCUT2D eigenvalue weighted by molar-refractivity contribution is 5.76. The van der Waals surface area contributed by atoms with Crippen LogP contribution in [0.5, 0.6) is 0 Å². The molecule has 3 nitrogen and oxygen atoms in total. The van der Waals surface area contributed by atoms with Crippen LogP contribution in [0.3, 0.4) is 0 Å². The first-order valence-corrected chi connectivity index (χ1v) is 6.38. The Morgan fingerprint density at radius 1 is 0.842 bits per heavy atom. The smallest absolute Gasteiger partial charge is 0.210 e. The summed E-state index contributed by atoms with van der Waals surface area (Å²) in [5.41, 5.74) is 5.59. The summed E-state index contributed by atoms with van der Waals surface area (Å²) in [6, 6.07) is 16.5. The minimum absolute atomic E-state index is 0.951. The van der Waals surface area contributed by atoms with Gasteiger partial charge in [0.2, 0.25) is 5.62 Å². The van der Waals surface area contributed by atoms with Gasteiger partial charge in [-0.05, 0) is 36.8 Å². The molecule has 0 aliphatic rings. The second-order valence-electron chi connectivity index (χ2n) is 4.86. The van der Waals surface area contributed by atoms with Gasteiger partial charge in [-0.15, -0.1) is 0 Å². The van der Waals surface area contributed by atoms with Crippen LogP contribution >= 0.6 is 0 Å². The molecule has 0 saturated heterocycles. The number of para-hydroxylation sites is 1. The summed E-state index contributed by atoms with van der Waals surface area (Å²) in [6.07, 6.45) is 0. The van der Waals surface area contributed by atoms with Crippen molar-refractivity contribution in [2.45, 2.75) is 6.92 Å². The van der Waals surface area contributed by atoms with Crippen LogP contribution in [0.15, 0.2) is 53.5 Å². The Labute approximate surface area is 112 Å². The fourth-order valence-corrected chi connectivity index (χ4v) is 2.39. The van der Waals surface area contributed by atoms with Crippen LogP contribution in [0, 0.1) is 6.92 Å². The maximum absolute atomic E-state index is 4.73. The van der Waals surface area contributed by atoms with Gasteiger partial charge in [-0.25, -0.2) is 4.99 Å². The highest BCUT2D eigenvalue weighted by Gasteiger charge is 2.06. The van der Waals surface area contributed by atoms with Gasteiger partial charge in [0.25, 0.3) is 0 Å². The Balaban J connectivity index is 2.33. The molecule has 0 atom stereocenters. The van der Waals surface area contributed by atoms with Gasteiger partial charge >= 0.3 is 0 Å². The van der Waals surface area contributed by atoms with E-state index in [0.29, 0.717) is 0 Å². The lowest BCUT2D eigenvalue weighted by Crippen LogP contribution is -2.21. The first-order chi connectivity index (χ1) is 9.16. The van der Waals surface area contributed by atoms with Crippen molar-refractivity contribution in [2.24, 2.45) is 19.1 Å². The molecule has 0 fully saturated rings. The number of imidazole rings is 1. The van der Waals surface area contributed by atoms with Crippen molar-refractivity contribution in [3.05, 3.63) is 59.7 Å². The Morgan fingerprint density at radius 3 is 2.26 bits per heavy atom. The molecular formula is C16H17N3. The average Bonchev–Trinajstić information content (AvgIpc) is 2.65. The van der Waals surface area contributed by atoms with Crippen LogP contribution in [-0.2, 0) is 14.1 Å². The van der Waals surface area contributed by atoms with E-state index in [0.717, 1.165) is 11.3 Å². The third-order valence-electron chi connectivity index (χ3n) is 3.44. The monoisotopic (exact) mass is 251 g/mol. The van der Waals surface area contributed by atoms with Crippen LogP contribution in [0.2, 0.25) is 0 Å². The number of aryl methyl sites for hydroxylation is 3. The SMILES string of the molecule is Cc1ccc2c(c1)n(C)/c(=N\c1ccccc1)n2C. The zero-order valence-electron chi connectivity index (χ0n) is 11.5. The molecule has 0 bridgehead atoms. The summed E-state index contributed by atoms with van der Waals surface area (Å²) in [6.45, 7) is 2.11. The third kappa shape index (κ3) is 1.97. The van der Waals surface area contributed by atoms with E-state index < -0.39 is 0 Å². The second-order valence-corrected chi connectivity index (χ2v) is 4.86. The first-order valence-electron chi connectivity index (χ1n) is 6.38. The largest absolute Gasteiger partial charge is 0.313 e. The van der Waals surface area contributed by atoms with E-state index in [1.165, 1.54) is 16.6 Å². The van der Waals surface area contributed by atoms with Crippen molar-refractivity contribution < 1.29 is 0 Å². The molecule has 96 valence electrons. The highest BCUT2D eigenvalue weighted by Crippen LogP contribution is 2.14. The molecule has 19 heavy (non-hydrogen) atoms. The van der Waals surface area contributed by atoms with Crippen LogP contribution in [-0.4, -0.2) is 9.13 Å². The van der Waals surface area contributed by atoms with Crippen molar-refractivity contribution in [3.8, 4) is 0 Å². The fraction of sp³-hybridized carbons (Fsp3) is 0.188. The Morgan fingerprint density at radius 2 is 1.53 bits per heavy atom. The Kier molecular flexibility index (Phi) is 2.75. The van der Waals surface area contributed by atoms with Gasteiger partial charge in [0.15, 0.2) is 0 Å². The summed E-state index contributed by atoms with van der Waals surface area (Å²) in [5, 5.41) is 0. The van der Waals surface area contributed by atoms with Gasteiger partial charge in [-0.1, -0.05) is 24.3 Å². The van der Waals surface area contributed by atoms with E-state index in [1.54, 1.807) is 0 Å². The molecule has 0 unspecified atom stereocenters. The standard InChI is InChI=1S/C16H17N3/c1-12-9-10-14-15(11-12)19(3)16(18(14)2)17-13-7-5-4-6-8-13/h4-11H,1-3H3/b17-16-. The van der Waals surface area contributed by atoms with Crippen molar-refractivity contribution in [2.75, 3.05) is 0 Å². The second kappa shape index (κ2) is 4.43. The fourth-order valence-electron chi connectivity index (χ4n) is 2.39. The Hall–Kier alpha value is -2.29. The van der Waals surface area contributed by atoms with E-state index in [1.807, 2.05) is 30.3 Å². The van der Waals surface area contributed by atoms with Gasteiger partial charge in [0.1, 0.15) is 0 Å². The number of fused-ring (bicyclic) bond motifs is 1. The predicted molar refractivity (Wildman–Crippen MR) is 78.3 cm³/mol. The van der Waals surface area contributed by atoms with Crippen molar-refractivity contribution in [3.63, 3.8) is 0 Å². The zero-order chi connectivity index (χ0) is 13.4. The van der Waals surface area contributed by atoms with Gasteiger partial charge < -0.3 is 9.13 Å². The van der Waals surface area contributed by atoms with E-state index in [9.17, 15) is 0 Å². The first kappa shape index (κ1) is 11.8. The molecule has 0 radical (unpaired) electrons. The van der Waals surface area contributed by atoms with Crippen molar-refractivity contribution in [1.29, 1.82) is 0 Å². The van der Waals surface area contributed by atoms with Gasteiger partial charge in [-0.3, -0.25) is 0 Å². The van der Waals surface area contributed by atoms with E-state index in [-0.39, 0.29) is 0 Å². The molecule has 3 heteroatoms. The molecule has 1 aromatic heterocycles. The number of rotatable bonds is 1. The van der Waals surface area contributed by atoms with Crippen LogP contribution in [0.1, 0.15) is 5.56 Å². The molecular weight excluding hydrogens is 234 g/mol. The predicted octanol–water partition coefficient (Wildman–Crippen LogP) is 3.06. The maximum atomic E-state index is 4.73. The summed E-state index contributed by atoms with van der Waals surface area (Å²) in [4.78, 5) is 4.73. The molecule has 0 saturated carbocycles. The minimum atomic E-state index is 0.951. The van der Waals surface area contributed by atoms with Crippen LogP contribution in [0.25, 0.3) is 11.0 Å². The maximum Gasteiger partial charge on any atom is 0.210 e. The summed E-state index contributed by atoms with van der Waals surface area (Å²) in [7, 11) is 4.11. The lowest BCUT2D eigenvalue weighted by molar-refractivity contribution is 0.764. The minimum Gasteiger partial charge on any atom is -0.313 e. The van der Waals surface area contributed by atoms with Gasteiger partial charge in [0.05, 0.1) is 16.7 Å². The molecule has 1 heterocycles. The topological polar surface area (TPSA) is 22.2 Å². The number of aromatic nitrogens is 2. The third-order valence-corrected chi connectivity index (χ3v) is 3.44. The average molecular weight is 251 g/mol. The number of benzene rings is 2.